The van der Waals surface area contributed by atoms with E-state index in [0.29, 0.717) is 5.82 Å². The molecule has 0 atom stereocenters. The van der Waals surface area contributed by atoms with Crippen molar-refractivity contribution in [2.45, 2.75) is 0 Å². The third kappa shape index (κ3) is 2.11. The standard InChI is InChI=1S/C11H7ClN6O/c12-8-10(13-6-14-11(8)19)18-16-9(15-17-18)7-4-2-1-3-5-7/h1-6H,(H,13,14,19). The molecule has 3 rings (SSSR count). The van der Waals surface area contributed by atoms with E-state index in [2.05, 4.69) is 25.4 Å². The number of hydrogen-bond donors (Lipinski definition) is 1. The Labute approximate surface area is 111 Å². The largest absolute Gasteiger partial charge is 0.312 e. The van der Waals surface area contributed by atoms with E-state index in [1.807, 2.05) is 30.3 Å². The molecule has 0 aliphatic carbocycles. The molecule has 8 heteroatoms. The molecule has 0 unspecified atom stereocenters. The van der Waals surface area contributed by atoms with E-state index in [1.165, 1.54) is 6.33 Å². The molecule has 7 nitrogen and oxygen atoms in total. The van der Waals surface area contributed by atoms with Crippen LogP contribution in [0.15, 0.2) is 41.5 Å². The van der Waals surface area contributed by atoms with Crippen molar-refractivity contribution in [1.29, 1.82) is 0 Å². The first kappa shape index (κ1) is 11.5. The van der Waals surface area contributed by atoms with Crippen LogP contribution >= 0.6 is 11.6 Å². The Morgan fingerprint density at radius 2 is 2.00 bits per heavy atom. The van der Waals surface area contributed by atoms with Crippen LogP contribution in [-0.2, 0) is 0 Å². The van der Waals surface area contributed by atoms with E-state index in [-0.39, 0.29) is 10.8 Å². The van der Waals surface area contributed by atoms with E-state index in [1.54, 1.807) is 0 Å². The molecule has 3 aromatic rings. The lowest BCUT2D eigenvalue weighted by Gasteiger charge is -1.97. The average Bonchev–Trinajstić information content (AvgIpc) is 2.92. The highest BCUT2D eigenvalue weighted by Gasteiger charge is 2.12. The summed E-state index contributed by atoms with van der Waals surface area (Å²) in [5.74, 6) is 0.568. The summed E-state index contributed by atoms with van der Waals surface area (Å²) in [5.41, 5.74) is 0.361. The Balaban J connectivity index is 2.07. The Hall–Kier alpha value is -2.54. The van der Waals surface area contributed by atoms with E-state index in [9.17, 15) is 4.79 Å². The second kappa shape index (κ2) is 4.62. The van der Waals surface area contributed by atoms with Crippen molar-refractivity contribution in [3.05, 3.63) is 52.0 Å². The molecule has 0 bridgehead atoms. The summed E-state index contributed by atoms with van der Waals surface area (Å²) in [5, 5.41) is 11.8. The Morgan fingerprint density at radius 3 is 2.79 bits per heavy atom. The van der Waals surface area contributed by atoms with Crippen molar-refractivity contribution >= 4 is 11.6 Å². The minimum Gasteiger partial charge on any atom is -0.312 e. The van der Waals surface area contributed by atoms with Gasteiger partial charge in [-0.3, -0.25) is 4.79 Å². The van der Waals surface area contributed by atoms with Gasteiger partial charge in [0.25, 0.3) is 5.56 Å². The molecule has 19 heavy (non-hydrogen) atoms. The van der Waals surface area contributed by atoms with Crippen molar-refractivity contribution in [2.75, 3.05) is 0 Å². The number of halogens is 1. The van der Waals surface area contributed by atoms with Crippen LogP contribution in [0.4, 0.5) is 0 Å². The molecule has 0 saturated heterocycles. The maximum atomic E-state index is 11.4. The van der Waals surface area contributed by atoms with Gasteiger partial charge in [0, 0.05) is 5.56 Å². The van der Waals surface area contributed by atoms with E-state index < -0.39 is 5.56 Å². The van der Waals surface area contributed by atoms with Gasteiger partial charge in [-0.2, -0.15) is 0 Å². The SMILES string of the molecule is O=c1[nH]cnc(-n2nnc(-c3ccccc3)n2)c1Cl. The van der Waals surface area contributed by atoms with E-state index >= 15 is 0 Å². The Bertz CT molecular complexity index is 766. The van der Waals surface area contributed by atoms with Gasteiger partial charge < -0.3 is 4.98 Å². The third-order valence-corrected chi connectivity index (χ3v) is 2.75. The predicted molar refractivity (Wildman–Crippen MR) is 68.0 cm³/mol. The normalized spacial score (nSPS) is 10.6. The summed E-state index contributed by atoms with van der Waals surface area (Å²) in [6.07, 6.45) is 1.23. The molecule has 1 N–H and O–H groups in total. The summed E-state index contributed by atoms with van der Waals surface area (Å²) in [4.78, 5) is 18.8. The van der Waals surface area contributed by atoms with Crippen LogP contribution < -0.4 is 5.56 Å². The molecule has 0 fully saturated rings. The van der Waals surface area contributed by atoms with Crippen molar-refractivity contribution < 1.29 is 0 Å². The number of benzene rings is 1. The summed E-state index contributed by atoms with van der Waals surface area (Å²) in [6, 6.07) is 9.34. The zero-order valence-corrected chi connectivity index (χ0v) is 10.2. The monoisotopic (exact) mass is 274 g/mol. The number of rotatable bonds is 2. The number of H-pyrrole nitrogens is 1. The highest BCUT2D eigenvalue weighted by atomic mass is 35.5. The van der Waals surface area contributed by atoms with Gasteiger partial charge in [-0.05, 0) is 5.21 Å². The molecule has 0 aliphatic rings. The number of aromatic nitrogens is 6. The van der Waals surface area contributed by atoms with Crippen molar-refractivity contribution in [3.63, 3.8) is 0 Å². The maximum absolute atomic E-state index is 11.4. The molecule has 1 aromatic carbocycles. The lowest BCUT2D eigenvalue weighted by Crippen LogP contribution is -2.13. The topological polar surface area (TPSA) is 89.4 Å². The molecule has 0 amide bonds. The van der Waals surface area contributed by atoms with Gasteiger partial charge in [-0.1, -0.05) is 41.9 Å². The van der Waals surface area contributed by atoms with Crippen LogP contribution in [0, 0.1) is 0 Å². The number of aromatic amines is 1. The fourth-order valence-corrected chi connectivity index (χ4v) is 1.70. The fourth-order valence-electron chi connectivity index (χ4n) is 1.52. The first-order valence-electron chi connectivity index (χ1n) is 5.35. The second-order valence-electron chi connectivity index (χ2n) is 3.64. The molecule has 2 heterocycles. The molecular weight excluding hydrogens is 268 g/mol. The summed E-state index contributed by atoms with van der Waals surface area (Å²) in [6.45, 7) is 0. The molecule has 94 valence electrons. The van der Waals surface area contributed by atoms with Gasteiger partial charge in [0.2, 0.25) is 11.6 Å². The first-order chi connectivity index (χ1) is 9.25. The van der Waals surface area contributed by atoms with Crippen LogP contribution in [0.25, 0.3) is 17.2 Å². The van der Waals surface area contributed by atoms with Crippen LogP contribution in [0.5, 0.6) is 0 Å². The quantitative estimate of drug-likeness (QED) is 0.755. The van der Waals surface area contributed by atoms with Crippen LogP contribution in [-0.4, -0.2) is 30.2 Å². The van der Waals surface area contributed by atoms with Crippen molar-refractivity contribution in [2.24, 2.45) is 0 Å². The first-order valence-corrected chi connectivity index (χ1v) is 5.72. The number of nitrogens with one attached hydrogen (secondary N) is 1. The molecule has 0 aliphatic heterocycles. The van der Waals surface area contributed by atoms with Crippen LogP contribution in [0.2, 0.25) is 5.02 Å². The van der Waals surface area contributed by atoms with Crippen molar-refractivity contribution in [1.82, 2.24) is 30.2 Å². The molecule has 0 saturated carbocycles. The summed E-state index contributed by atoms with van der Waals surface area (Å²) >= 11 is 5.85. The molecule has 2 aromatic heterocycles. The van der Waals surface area contributed by atoms with Gasteiger partial charge in [-0.25, -0.2) is 4.98 Å². The fraction of sp³-hybridized carbons (Fsp3) is 0. The highest BCUT2D eigenvalue weighted by Crippen LogP contribution is 2.14. The maximum Gasteiger partial charge on any atom is 0.271 e. The molecular formula is C11H7ClN6O. The number of nitrogens with zero attached hydrogens (tertiary/aromatic N) is 5. The zero-order chi connectivity index (χ0) is 13.2. The van der Waals surface area contributed by atoms with Gasteiger partial charge in [0.1, 0.15) is 0 Å². The summed E-state index contributed by atoms with van der Waals surface area (Å²) in [7, 11) is 0. The Morgan fingerprint density at radius 1 is 1.21 bits per heavy atom. The van der Waals surface area contributed by atoms with Crippen molar-refractivity contribution in [3.8, 4) is 17.2 Å². The smallest absolute Gasteiger partial charge is 0.271 e. The minimum atomic E-state index is -0.453. The average molecular weight is 275 g/mol. The molecule has 0 radical (unpaired) electrons. The number of hydrogen-bond acceptors (Lipinski definition) is 5. The predicted octanol–water partition coefficient (Wildman–Crippen LogP) is 1.07. The molecule has 0 spiro atoms. The van der Waals surface area contributed by atoms with Crippen LogP contribution in [0.3, 0.4) is 0 Å². The van der Waals surface area contributed by atoms with Gasteiger partial charge in [0.05, 0.1) is 6.33 Å². The van der Waals surface area contributed by atoms with Gasteiger partial charge in [0.15, 0.2) is 5.02 Å². The second-order valence-corrected chi connectivity index (χ2v) is 4.02. The lowest BCUT2D eigenvalue weighted by molar-refractivity contribution is 0.696. The Kier molecular flexibility index (Phi) is 2.81. The minimum absolute atomic E-state index is 0.0838. The number of tetrazole rings is 1. The summed E-state index contributed by atoms with van der Waals surface area (Å²) < 4.78 is 0. The van der Waals surface area contributed by atoms with Crippen LogP contribution in [0.1, 0.15) is 0 Å². The van der Waals surface area contributed by atoms with Gasteiger partial charge in [-0.15, -0.1) is 15.0 Å². The van der Waals surface area contributed by atoms with E-state index in [4.69, 9.17) is 11.6 Å². The highest BCUT2D eigenvalue weighted by molar-refractivity contribution is 6.31. The third-order valence-electron chi connectivity index (χ3n) is 2.41. The lowest BCUT2D eigenvalue weighted by atomic mass is 10.2. The van der Waals surface area contributed by atoms with E-state index in [0.717, 1.165) is 10.4 Å². The zero-order valence-electron chi connectivity index (χ0n) is 9.49. The van der Waals surface area contributed by atoms with Gasteiger partial charge >= 0.3 is 0 Å².